The van der Waals surface area contributed by atoms with Crippen LogP contribution in [0.3, 0.4) is 0 Å². The van der Waals surface area contributed by atoms with Crippen LogP contribution in [-0.4, -0.2) is 4.98 Å². The summed E-state index contributed by atoms with van der Waals surface area (Å²) in [6, 6.07) is 10.3. The van der Waals surface area contributed by atoms with Crippen molar-refractivity contribution in [2.24, 2.45) is 0 Å². The van der Waals surface area contributed by atoms with Crippen LogP contribution in [0.15, 0.2) is 42.7 Å². The molecular formula is C15H17NO. The monoisotopic (exact) mass is 227 g/mol. The number of nitrogens with zero attached hydrogens (tertiary/aromatic N) is 1. The van der Waals surface area contributed by atoms with Gasteiger partial charge in [0.25, 0.3) is 0 Å². The van der Waals surface area contributed by atoms with Crippen molar-refractivity contribution in [1.82, 2.24) is 4.98 Å². The highest BCUT2D eigenvalue weighted by Crippen LogP contribution is 2.15. The maximum absolute atomic E-state index is 5.75. The Bertz CT molecular complexity index is 494. The molecule has 0 N–H and O–H groups in total. The Morgan fingerprint density at radius 1 is 1.12 bits per heavy atom. The molecule has 0 aliphatic rings. The SMILES string of the molecule is CCc1cccc(OCc2cncc(C)c2)c1. The first-order chi connectivity index (χ1) is 8.28. The molecule has 0 bridgehead atoms. The molecule has 1 heterocycles. The van der Waals surface area contributed by atoms with Crippen molar-refractivity contribution < 1.29 is 4.74 Å². The fraction of sp³-hybridized carbons (Fsp3) is 0.267. The summed E-state index contributed by atoms with van der Waals surface area (Å²) in [5, 5.41) is 0. The van der Waals surface area contributed by atoms with Crippen LogP contribution in [0.1, 0.15) is 23.6 Å². The minimum Gasteiger partial charge on any atom is -0.489 e. The molecule has 1 aromatic carbocycles. The van der Waals surface area contributed by atoms with Crippen LogP contribution in [0.4, 0.5) is 0 Å². The van der Waals surface area contributed by atoms with Crippen molar-refractivity contribution in [3.63, 3.8) is 0 Å². The van der Waals surface area contributed by atoms with Gasteiger partial charge in [-0.3, -0.25) is 4.98 Å². The summed E-state index contributed by atoms with van der Waals surface area (Å²) in [6.07, 6.45) is 4.72. The largest absolute Gasteiger partial charge is 0.489 e. The third kappa shape index (κ3) is 3.31. The average molecular weight is 227 g/mol. The fourth-order valence-corrected chi connectivity index (χ4v) is 1.72. The second-order valence-corrected chi connectivity index (χ2v) is 4.16. The lowest BCUT2D eigenvalue weighted by Gasteiger charge is -2.07. The van der Waals surface area contributed by atoms with Crippen molar-refractivity contribution in [2.45, 2.75) is 26.9 Å². The highest BCUT2D eigenvalue weighted by atomic mass is 16.5. The molecule has 1 aromatic heterocycles. The lowest BCUT2D eigenvalue weighted by molar-refractivity contribution is 0.305. The number of pyridine rings is 1. The van der Waals surface area contributed by atoms with Crippen LogP contribution in [0.25, 0.3) is 0 Å². The van der Waals surface area contributed by atoms with E-state index in [0.29, 0.717) is 6.61 Å². The molecule has 88 valence electrons. The van der Waals surface area contributed by atoms with Gasteiger partial charge in [-0.25, -0.2) is 0 Å². The zero-order valence-corrected chi connectivity index (χ0v) is 10.3. The van der Waals surface area contributed by atoms with E-state index in [2.05, 4.69) is 30.1 Å². The van der Waals surface area contributed by atoms with Crippen LogP contribution >= 0.6 is 0 Å². The molecule has 0 unspecified atom stereocenters. The van der Waals surface area contributed by atoms with E-state index in [1.54, 1.807) is 0 Å². The summed E-state index contributed by atoms with van der Waals surface area (Å²) in [5.41, 5.74) is 3.56. The molecule has 2 nitrogen and oxygen atoms in total. The van der Waals surface area contributed by atoms with Crippen molar-refractivity contribution in [2.75, 3.05) is 0 Å². The zero-order valence-electron chi connectivity index (χ0n) is 10.3. The predicted molar refractivity (Wildman–Crippen MR) is 69.1 cm³/mol. The smallest absolute Gasteiger partial charge is 0.120 e. The van der Waals surface area contributed by atoms with E-state index >= 15 is 0 Å². The van der Waals surface area contributed by atoms with Gasteiger partial charge in [0.15, 0.2) is 0 Å². The van der Waals surface area contributed by atoms with Crippen LogP contribution in [-0.2, 0) is 13.0 Å². The summed E-state index contributed by atoms with van der Waals surface area (Å²) in [5.74, 6) is 0.922. The number of aromatic nitrogens is 1. The molecule has 0 amide bonds. The third-order valence-electron chi connectivity index (χ3n) is 2.64. The van der Waals surface area contributed by atoms with Crippen molar-refractivity contribution in [3.05, 3.63) is 59.4 Å². The highest BCUT2D eigenvalue weighted by Gasteiger charge is 1.98. The molecule has 0 saturated heterocycles. The van der Waals surface area contributed by atoms with Gasteiger partial charge >= 0.3 is 0 Å². The number of hydrogen-bond acceptors (Lipinski definition) is 2. The first-order valence-corrected chi connectivity index (χ1v) is 5.90. The Morgan fingerprint density at radius 3 is 2.76 bits per heavy atom. The minimum absolute atomic E-state index is 0.571. The molecule has 0 atom stereocenters. The van der Waals surface area contributed by atoms with E-state index in [0.717, 1.165) is 23.3 Å². The van der Waals surface area contributed by atoms with Crippen molar-refractivity contribution in [3.8, 4) is 5.75 Å². The van der Waals surface area contributed by atoms with Crippen LogP contribution in [0, 0.1) is 6.92 Å². The normalized spacial score (nSPS) is 10.2. The Balaban J connectivity index is 2.02. The molecule has 0 aliphatic heterocycles. The van der Waals surface area contributed by atoms with Crippen molar-refractivity contribution >= 4 is 0 Å². The molecule has 0 spiro atoms. The number of aryl methyl sites for hydroxylation is 2. The summed E-state index contributed by atoms with van der Waals surface area (Å²) in [4.78, 5) is 4.15. The maximum Gasteiger partial charge on any atom is 0.120 e. The van der Waals surface area contributed by atoms with Gasteiger partial charge < -0.3 is 4.74 Å². The van der Waals surface area contributed by atoms with Gasteiger partial charge in [-0.05, 0) is 42.7 Å². The molecule has 0 fully saturated rings. The number of benzene rings is 1. The van der Waals surface area contributed by atoms with E-state index in [4.69, 9.17) is 4.74 Å². The molecule has 0 radical (unpaired) electrons. The van der Waals surface area contributed by atoms with Gasteiger partial charge in [-0.2, -0.15) is 0 Å². The molecule has 2 aromatic rings. The summed E-state index contributed by atoms with van der Waals surface area (Å²) in [7, 11) is 0. The third-order valence-corrected chi connectivity index (χ3v) is 2.64. The van der Waals surface area contributed by atoms with E-state index in [1.807, 2.05) is 31.5 Å². The van der Waals surface area contributed by atoms with E-state index in [1.165, 1.54) is 5.56 Å². The van der Waals surface area contributed by atoms with Gasteiger partial charge in [0.05, 0.1) is 0 Å². The van der Waals surface area contributed by atoms with Gasteiger partial charge in [-0.1, -0.05) is 19.1 Å². The quantitative estimate of drug-likeness (QED) is 0.797. The van der Waals surface area contributed by atoms with Crippen LogP contribution < -0.4 is 4.74 Å². The Hall–Kier alpha value is -1.83. The Morgan fingerprint density at radius 2 is 2.00 bits per heavy atom. The maximum atomic E-state index is 5.75. The zero-order chi connectivity index (χ0) is 12.1. The first-order valence-electron chi connectivity index (χ1n) is 5.90. The van der Waals surface area contributed by atoms with Crippen LogP contribution in [0.2, 0.25) is 0 Å². The lowest BCUT2D eigenvalue weighted by atomic mass is 10.2. The number of ether oxygens (including phenoxy) is 1. The van der Waals surface area contributed by atoms with Gasteiger partial charge in [0.2, 0.25) is 0 Å². The Labute approximate surface area is 102 Å². The molecule has 17 heavy (non-hydrogen) atoms. The topological polar surface area (TPSA) is 22.1 Å². The second kappa shape index (κ2) is 5.48. The van der Waals surface area contributed by atoms with E-state index in [9.17, 15) is 0 Å². The van der Waals surface area contributed by atoms with Crippen LogP contribution in [0.5, 0.6) is 5.75 Å². The summed E-state index contributed by atoms with van der Waals surface area (Å²) in [6.45, 7) is 4.75. The molecule has 2 heteroatoms. The number of rotatable bonds is 4. The lowest BCUT2D eigenvalue weighted by Crippen LogP contribution is -1.97. The summed E-state index contributed by atoms with van der Waals surface area (Å²) >= 11 is 0. The molecule has 2 rings (SSSR count). The Kier molecular flexibility index (Phi) is 3.76. The average Bonchev–Trinajstić information content (AvgIpc) is 2.37. The van der Waals surface area contributed by atoms with E-state index < -0.39 is 0 Å². The number of hydrogen-bond donors (Lipinski definition) is 0. The fourth-order valence-electron chi connectivity index (χ4n) is 1.72. The first kappa shape index (κ1) is 11.6. The van der Waals surface area contributed by atoms with E-state index in [-0.39, 0.29) is 0 Å². The highest BCUT2D eigenvalue weighted by molar-refractivity contribution is 5.28. The molecule has 0 aliphatic carbocycles. The second-order valence-electron chi connectivity index (χ2n) is 4.16. The minimum atomic E-state index is 0.571. The van der Waals surface area contributed by atoms with Crippen molar-refractivity contribution in [1.29, 1.82) is 0 Å². The predicted octanol–water partition coefficient (Wildman–Crippen LogP) is 3.53. The molecule has 0 saturated carbocycles. The van der Waals surface area contributed by atoms with Gasteiger partial charge in [-0.15, -0.1) is 0 Å². The molecular weight excluding hydrogens is 210 g/mol. The standard InChI is InChI=1S/C15H17NO/c1-3-13-5-4-6-15(8-13)17-11-14-7-12(2)9-16-10-14/h4-10H,3,11H2,1-2H3. The van der Waals surface area contributed by atoms with Gasteiger partial charge in [0.1, 0.15) is 12.4 Å². The summed E-state index contributed by atoms with van der Waals surface area (Å²) < 4.78 is 5.75. The van der Waals surface area contributed by atoms with Gasteiger partial charge in [0, 0.05) is 18.0 Å².